The molecule has 0 saturated carbocycles. The molecule has 1 N–H and O–H groups in total. The first kappa shape index (κ1) is 18.1. The van der Waals surface area contributed by atoms with Crippen LogP contribution in [0, 0.1) is 0 Å². The molecular formula is C16H21N3O4S. The van der Waals surface area contributed by atoms with Crippen molar-refractivity contribution in [3.63, 3.8) is 0 Å². The largest absolute Gasteiger partial charge is 0.399 e. The molecule has 1 atom stereocenters. The van der Waals surface area contributed by atoms with E-state index in [4.69, 9.17) is 4.84 Å². The summed E-state index contributed by atoms with van der Waals surface area (Å²) in [6.07, 6.45) is 0.495. The summed E-state index contributed by atoms with van der Waals surface area (Å²) in [5.41, 5.74) is 0.699. The molecule has 0 aliphatic carbocycles. The van der Waals surface area contributed by atoms with Crippen LogP contribution in [0.3, 0.4) is 0 Å². The van der Waals surface area contributed by atoms with Crippen LogP contribution in [0.2, 0.25) is 0 Å². The van der Waals surface area contributed by atoms with Crippen LogP contribution in [0.15, 0.2) is 22.7 Å². The smallest absolute Gasteiger partial charge is 0.230 e. The van der Waals surface area contributed by atoms with E-state index in [1.54, 1.807) is 16.2 Å². The predicted octanol–water partition coefficient (Wildman–Crippen LogP) is 1.34. The third-order valence-corrected chi connectivity index (χ3v) is 4.54. The number of hydrogen-bond donors (Lipinski definition) is 1. The van der Waals surface area contributed by atoms with Crippen molar-refractivity contribution in [1.29, 1.82) is 0 Å². The second kappa shape index (κ2) is 8.58. The molecule has 130 valence electrons. The highest BCUT2D eigenvalue weighted by atomic mass is 32.1. The van der Waals surface area contributed by atoms with Crippen LogP contribution in [0.4, 0.5) is 0 Å². The predicted molar refractivity (Wildman–Crippen MR) is 90.6 cm³/mol. The van der Waals surface area contributed by atoms with E-state index in [0.29, 0.717) is 25.2 Å². The molecular weight excluding hydrogens is 330 g/mol. The summed E-state index contributed by atoms with van der Waals surface area (Å²) >= 11 is 1.57. The van der Waals surface area contributed by atoms with Gasteiger partial charge in [-0.05, 0) is 18.4 Å². The van der Waals surface area contributed by atoms with E-state index in [2.05, 4.69) is 10.5 Å². The molecule has 0 spiro atoms. The number of likely N-dealkylation sites (tertiary alicyclic amines) is 1. The first-order valence-electron chi connectivity index (χ1n) is 7.66. The number of carbonyl (C=O) groups excluding carboxylic acids is 3. The molecule has 7 nitrogen and oxygen atoms in total. The summed E-state index contributed by atoms with van der Waals surface area (Å²) in [4.78, 5) is 43.0. The Balaban J connectivity index is 1.95. The van der Waals surface area contributed by atoms with Crippen molar-refractivity contribution in [2.75, 3.05) is 13.7 Å². The second-order valence-corrected chi connectivity index (χ2v) is 6.69. The van der Waals surface area contributed by atoms with Crippen molar-refractivity contribution < 1.29 is 19.2 Å². The number of hydrogen-bond acceptors (Lipinski definition) is 6. The molecule has 2 heterocycles. The van der Waals surface area contributed by atoms with Crippen LogP contribution in [0.1, 0.15) is 31.1 Å². The van der Waals surface area contributed by atoms with Gasteiger partial charge in [-0.1, -0.05) is 11.2 Å². The molecule has 2 rings (SSSR count). The third-order valence-electron chi connectivity index (χ3n) is 3.67. The number of oxime groups is 1. The Kier molecular flexibility index (Phi) is 6.48. The van der Waals surface area contributed by atoms with Crippen molar-refractivity contribution in [1.82, 2.24) is 10.2 Å². The highest BCUT2D eigenvalue weighted by molar-refractivity contribution is 7.09. The van der Waals surface area contributed by atoms with Crippen LogP contribution in [-0.2, 0) is 25.8 Å². The normalized spacial score (nSPS) is 18.7. The van der Waals surface area contributed by atoms with E-state index < -0.39 is 0 Å². The van der Waals surface area contributed by atoms with Gasteiger partial charge in [-0.15, -0.1) is 11.3 Å². The minimum atomic E-state index is -0.297. The Morgan fingerprint density at radius 2 is 2.25 bits per heavy atom. The van der Waals surface area contributed by atoms with Gasteiger partial charge >= 0.3 is 0 Å². The molecule has 8 heteroatoms. The maximum atomic E-state index is 12.2. The van der Waals surface area contributed by atoms with Gasteiger partial charge < -0.3 is 15.1 Å². The van der Waals surface area contributed by atoms with Crippen molar-refractivity contribution >= 4 is 34.6 Å². The summed E-state index contributed by atoms with van der Waals surface area (Å²) < 4.78 is 0. The lowest BCUT2D eigenvalue weighted by atomic mass is 10.1. The number of amides is 2. The first-order valence-corrected chi connectivity index (χ1v) is 8.54. The average molecular weight is 351 g/mol. The van der Waals surface area contributed by atoms with E-state index in [1.807, 2.05) is 17.5 Å². The molecule has 0 radical (unpaired) electrons. The fraction of sp³-hybridized carbons (Fsp3) is 0.500. The highest BCUT2D eigenvalue weighted by Gasteiger charge is 2.34. The van der Waals surface area contributed by atoms with Gasteiger partial charge in [0.25, 0.3) is 0 Å². The van der Waals surface area contributed by atoms with Gasteiger partial charge in [0.2, 0.25) is 11.8 Å². The van der Waals surface area contributed by atoms with Crippen LogP contribution >= 0.6 is 11.3 Å². The molecule has 1 aromatic rings. The summed E-state index contributed by atoms with van der Waals surface area (Å²) in [5, 5.41) is 8.69. The number of carbonyl (C=O) groups is 3. The fourth-order valence-corrected chi connectivity index (χ4v) is 3.29. The number of thiophene rings is 1. The third kappa shape index (κ3) is 5.16. The molecule has 0 unspecified atom stereocenters. The zero-order valence-electron chi connectivity index (χ0n) is 13.8. The van der Waals surface area contributed by atoms with Crippen LogP contribution < -0.4 is 5.32 Å². The molecule has 1 aliphatic rings. The number of Topliss-reactive ketones (excluding diaryl/α,β-unsaturated/α-hetero) is 1. The molecule has 1 fully saturated rings. The lowest BCUT2D eigenvalue weighted by Gasteiger charge is -2.23. The monoisotopic (exact) mass is 351 g/mol. The maximum absolute atomic E-state index is 12.2. The molecule has 24 heavy (non-hydrogen) atoms. The van der Waals surface area contributed by atoms with Gasteiger partial charge in [0.05, 0.1) is 25.2 Å². The van der Waals surface area contributed by atoms with Crippen LogP contribution in [0.25, 0.3) is 0 Å². The second-order valence-electron chi connectivity index (χ2n) is 5.66. The van der Waals surface area contributed by atoms with Gasteiger partial charge in [0, 0.05) is 23.8 Å². The van der Waals surface area contributed by atoms with E-state index in [9.17, 15) is 14.4 Å². The highest BCUT2D eigenvalue weighted by Crippen LogP contribution is 2.20. The zero-order valence-corrected chi connectivity index (χ0v) is 14.6. The van der Waals surface area contributed by atoms with Crippen LogP contribution in [-0.4, -0.2) is 47.9 Å². The van der Waals surface area contributed by atoms with Gasteiger partial charge in [-0.2, -0.15) is 0 Å². The summed E-state index contributed by atoms with van der Waals surface area (Å²) in [7, 11) is 1.44. The topological polar surface area (TPSA) is 88.1 Å². The molecule has 1 aromatic heterocycles. The van der Waals surface area contributed by atoms with E-state index in [-0.39, 0.29) is 36.5 Å². The minimum Gasteiger partial charge on any atom is -0.399 e. The van der Waals surface area contributed by atoms with Crippen molar-refractivity contribution in [2.45, 2.75) is 38.8 Å². The summed E-state index contributed by atoms with van der Waals surface area (Å²) in [6, 6.07) is 3.58. The summed E-state index contributed by atoms with van der Waals surface area (Å²) in [6.45, 7) is 2.15. The van der Waals surface area contributed by atoms with E-state index >= 15 is 0 Å². The Hall–Kier alpha value is -2.22. The van der Waals surface area contributed by atoms with Gasteiger partial charge in [0.1, 0.15) is 12.9 Å². The van der Waals surface area contributed by atoms with Gasteiger partial charge in [-0.25, -0.2) is 0 Å². The fourth-order valence-electron chi connectivity index (χ4n) is 2.64. The first-order chi connectivity index (χ1) is 11.5. The zero-order chi connectivity index (χ0) is 17.5. The van der Waals surface area contributed by atoms with Crippen LogP contribution in [0.5, 0.6) is 0 Å². The average Bonchev–Trinajstić information content (AvgIpc) is 3.14. The van der Waals surface area contributed by atoms with E-state index in [0.717, 1.165) is 4.88 Å². The van der Waals surface area contributed by atoms with Crippen molar-refractivity contribution in [2.24, 2.45) is 5.16 Å². The maximum Gasteiger partial charge on any atom is 0.230 e. The number of nitrogens with one attached hydrogen (secondary N) is 1. The van der Waals surface area contributed by atoms with Crippen molar-refractivity contribution in [3.8, 4) is 0 Å². The Labute approximate surface area is 144 Å². The van der Waals surface area contributed by atoms with Gasteiger partial charge in [0.15, 0.2) is 0 Å². The molecule has 0 aromatic carbocycles. The van der Waals surface area contributed by atoms with Crippen molar-refractivity contribution in [3.05, 3.63) is 22.4 Å². The van der Waals surface area contributed by atoms with Gasteiger partial charge in [-0.3, -0.25) is 14.4 Å². The Bertz CT molecular complexity index is 627. The molecule has 1 saturated heterocycles. The standard InChI is InChI=1S/C16H21N3O4S/c1-11(20)6-16(22)19-10-12(18-23-2)7-13(19)8-15(21)17-9-14-4-3-5-24-14/h3-5,13H,6-10H2,1-2H3,(H,17,21)/t13-/m0/s1. The minimum absolute atomic E-state index is 0.132. The molecule has 0 bridgehead atoms. The molecule has 2 amide bonds. The quantitative estimate of drug-likeness (QED) is 0.593. The number of nitrogens with zero attached hydrogens (tertiary/aromatic N) is 2. The Morgan fingerprint density at radius 3 is 2.88 bits per heavy atom. The summed E-state index contributed by atoms with van der Waals surface area (Å²) in [5.74, 6) is -0.606. The lowest BCUT2D eigenvalue weighted by Crippen LogP contribution is -2.39. The molecule has 1 aliphatic heterocycles. The number of rotatable bonds is 7. The van der Waals surface area contributed by atoms with E-state index in [1.165, 1.54) is 14.0 Å². The SMILES string of the molecule is CON=C1C[C@@H](CC(=O)NCc2cccs2)N(C(=O)CC(C)=O)C1. The number of ketones is 1. The Morgan fingerprint density at radius 1 is 1.46 bits per heavy atom. The lowest BCUT2D eigenvalue weighted by molar-refractivity contribution is -0.135.